The molecule has 2 saturated heterocycles. The van der Waals surface area contributed by atoms with Gasteiger partial charge in [-0.2, -0.15) is 0 Å². The second-order valence-corrected chi connectivity index (χ2v) is 6.27. The number of anilines is 1. The van der Waals surface area contributed by atoms with E-state index in [1.807, 2.05) is 13.0 Å². The molecule has 1 aromatic heterocycles. The molecule has 0 N–H and O–H groups in total. The minimum Gasteiger partial charge on any atom is -0.374 e. The normalized spacial score (nSPS) is 26.1. The lowest BCUT2D eigenvalue weighted by atomic mass is 10.1. The molecule has 0 saturated carbocycles. The smallest absolute Gasteiger partial charge is 0.158 e. The number of hydrogen-bond donors (Lipinski definition) is 0. The van der Waals surface area contributed by atoms with Crippen LogP contribution in [-0.2, 0) is 11.3 Å². The summed E-state index contributed by atoms with van der Waals surface area (Å²) in [5.41, 5.74) is 0. The minimum atomic E-state index is 0.420. The van der Waals surface area contributed by atoms with E-state index in [1.54, 1.807) is 0 Å². The zero-order chi connectivity index (χ0) is 14.8. The fourth-order valence-electron chi connectivity index (χ4n) is 3.39. The number of aromatic nitrogens is 2. The predicted octanol–water partition coefficient (Wildman–Crippen LogP) is 2.34. The average molecular weight is 311 g/mol. The van der Waals surface area contributed by atoms with Crippen molar-refractivity contribution in [1.82, 2.24) is 14.9 Å². The van der Waals surface area contributed by atoms with Gasteiger partial charge in [0, 0.05) is 37.8 Å². The standard InChI is InChI=1S/C15H23ClN4O/c1-3-21-10-14-17-13(16)8-15(18-14)20-7-6-11-4-5-12(9-20)19(11)2/h8,11-12H,3-7,9-10H2,1-2H3. The first-order valence-corrected chi connectivity index (χ1v) is 8.13. The third kappa shape index (κ3) is 3.30. The van der Waals surface area contributed by atoms with E-state index in [-0.39, 0.29) is 0 Å². The van der Waals surface area contributed by atoms with Gasteiger partial charge in [0.1, 0.15) is 17.6 Å². The molecule has 0 aromatic carbocycles. The van der Waals surface area contributed by atoms with Crippen LogP contribution >= 0.6 is 11.6 Å². The number of halogens is 1. The maximum atomic E-state index is 6.15. The van der Waals surface area contributed by atoms with Crippen molar-refractivity contribution in [3.8, 4) is 0 Å². The van der Waals surface area contributed by atoms with Crippen molar-refractivity contribution in [2.75, 3.05) is 31.6 Å². The first-order chi connectivity index (χ1) is 10.2. The van der Waals surface area contributed by atoms with Crippen LogP contribution in [0.3, 0.4) is 0 Å². The van der Waals surface area contributed by atoms with E-state index < -0.39 is 0 Å². The number of fused-ring (bicyclic) bond motifs is 2. The Morgan fingerprint density at radius 1 is 1.29 bits per heavy atom. The number of hydrogen-bond acceptors (Lipinski definition) is 5. The highest BCUT2D eigenvalue weighted by atomic mass is 35.5. The highest BCUT2D eigenvalue weighted by molar-refractivity contribution is 6.29. The number of nitrogens with zero attached hydrogens (tertiary/aromatic N) is 4. The zero-order valence-corrected chi connectivity index (χ0v) is 13.5. The summed E-state index contributed by atoms with van der Waals surface area (Å²) in [7, 11) is 2.25. The summed E-state index contributed by atoms with van der Waals surface area (Å²) in [5, 5.41) is 0.498. The summed E-state index contributed by atoms with van der Waals surface area (Å²) in [6.45, 7) is 5.10. The zero-order valence-electron chi connectivity index (χ0n) is 12.8. The molecule has 21 heavy (non-hydrogen) atoms. The Morgan fingerprint density at radius 2 is 2.10 bits per heavy atom. The Morgan fingerprint density at radius 3 is 2.90 bits per heavy atom. The SMILES string of the molecule is CCOCc1nc(Cl)cc(N2CCC3CCC(C2)N3C)n1. The molecular weight excluding hydrogens is 288 g/mol. The van der Waals surface area contributed by atoms with Crippen LogP contribution in [0.4, 0.5) is 5.82 Å². The molecule has 2 atom stereocenters. The molecule has 3 rings (SSSR count). The van der Waals surface area contributed by atoms with Crippen LogP contribution in [0.25, 0.3) is 0 Å². The maximum Gasteiger partial charge on any atom is 0.158 e. The largest absolute Gasteiger partial charge is 0.374 e. The summed E-state index contributed by atoms with van der Waals surface area (Å²) in [6, 6.07) is 3.22. The molecule has 3 heterocycles. The van der Waals surface area contributed by atoms with Crippen LogP contribution < -0.4 is 4.90 Å². The van der Waals surface area contributed by atoms with Gasteiger partial charge in [-0.25, -0.2) is 9.97 Å². The van der Waals surface area contributed by atoms with Gasteiger partial charge < -0.3 is 9.64 Å². The second kappa shape index (κ2) is 6.46. The predicted molar refractivity (Wildman–Crippen MR) is 83.8 cm³/mol. The first-order valence-electron chi connectivity index (χ1n) is 7.75. The van der Waals surface area contributed by atoms with Crippen molar-refractivity contribution in [1.29, 1.82) is 0 Å². The molecule has 2 aliphatic rings. The molecule has 0 amide bonds. The molecule has 2 aliphatic heterocycles. The molecule has 0 spiro atoms. The minimum absolute atomic E-state index is 0.420. The first kappa shape index (κ1) is 15.0. The van der Waals surface area contributed by atoms with E-state index in [2.05, 4.69) is 26.8 Å². The third-order valence-electron chi connectivity index (χ3n) is 4.64. The Kier molecular flexibility index (Phi) is 4.62. The molecule has 2 fully saturated rings. The van der Waals surface area contributed by atoms with Gasteiger partial charge in [-0.15, -0.1) is 0 Å². The van der Waals surface area contributed by atoms with Crippen molar-refractivity contribution in [3.05, 3.63) is 17.0 Å². The lowest BCUT2D eigenvalue weighted by Crippen LogP contribution is -2.37. The van der Waals surface area contributed by atoms with Gasteiger partial charge in [-0.3, -0.25) is 4.90 Å². The Bertz CT molecular complexity index is 499. The molecule has 2 unspecified atom stereocenters. The lowest BCUT2D eigenvalue weighted by Gasteiger charge is -2.26. The Labute approximate surface area is 131 Å². The van der Waals surface area contributed by atoms with Crippen molar-refractivity contribution >= 4 is 17.4 Å². The topological polar surface area (TPSA) is 41.5 Å². The summed E-state index contributed by atoms with van der Waals surface area (Å²) in [5.74, 6) is 1.60. The molecule has 1 aromatic rings. The van der Waals surface area contributed by atoms with E-state index in [4.69, 9.17) is 16.3 Å². The number of ether oxygens (including phenoxy) is 1. The van der Waals surface area contributed by atoms with Crippen molar-refractivity contribution in [2.45, 2.75) is 44.9 Å². The van der Waals surface area contributed by atoms with Crippen LogP contribution in [0, 0.1) is 0 Å². The van der Waals surface area contributed by atoms with E-state index in [1.165, 1.54) is 19.3 Å². The molecule has 6 heteroatoms. The highest BCUT2D eigenvalue weighted by Gasteiger charge is 2.35. The van der Waals surface area contributed by atoms with Gasteiger partial charge in [0.15, 0.2) is 5.82 Å². The Hall–Kier alpha value is -0.910. The van der Waals surface area contributed by atoms with Crippen molar-refractivity contribution in [3.63, 3.8) is 0 Å². The van der Waals surface area contributed by atoms with Crippen LogP contribution in [0.1, 0.15) is 32.0 Å². The van der Waals surface area contributed by atoms with Crippen LogP contribution in [0.2, 0.25) is 5.15 Å². The average Bonchev–Trinajstić information content (AvgIpc) is 2.69. The lowest BCUT2D eigenvalue weighted by molar-refractivity contribution is 0.128. The van der Waals surface area contributed by atoms with E-state index >= 15 is 0 Å². The fourth-order valence-corrected chi connectivity index (χ4v) is 3.58. The molecule has 2 bridgehead atoms. The fraction of sp³-hybridized carbons (Fsp3) is 0.733. The van der Waals surface area contributed by atoms with Crippen molar-refractivity contribution in [2.24, 2.45) is 0 Å². The summed E-state index contributed by atoms with van der Waals surface area (Å²) >= 11 is 6.15. The van der Waals surface area contributed by atoms with Gasteiger partial charge in [-0.05, 0) is 33.2 Å². The number of likely N-dealkylation sites (N-methyl/N-ethyl adjacent to an activating group) is 1. The third-order valence-corrected chi connectivity index (χ3v) is 4.83. The monoisotopic (exact) mass is 310 g/mol. The van der Waals surface area contributed by atoms with Gasteiger partial charge >= 0.3 is 0 Å². The second-order valence-electron chi connectivity index (χ2n) is 5.89. The van der Waals surface area contributed by atoms with E-state index in [0.29, 0.717) is 30.2 Å². The number of rotatable bonds is 4. The van der Waals surface area contributed by atoms with Gasteiger partial charge in [-0.1, -0.05) is 11.6 Å². The van der Waals surface area contributed by atoms with Gasteiger partial charge in [0.2, 0.25) is 0 Å². The maximum absolute atomic E-state index is 6.15. The highest BCUT2D eigenvalue weighted by Crippen LogP contribution is 2.30. The summed E-state index contributed by atoms with van der Waals surface area (Å²) in [4.78, 5) is 13.8. The quantitative estimate of drug-likeness (QED) is 0.799. The van der Waals surface area contributed by atoms with E-state index in [9.17, 15) is 0 Å². The van der Waals surface area contributed by atoms with Gasteiger partial charge in [0.25, 0.3) is 0 Å². The Balaban J connectivity index is 1.78. The summed E-state index contributed by atoms with van der Waals surface area (Å²) in [6.07, 6.45) is 3.80. The molecule has 5 nitrogen and oxygen atoms in total. The molecule has 0 aliphatic carbocycles. The van der Waals surface area contributed by atoms with Crippen LogP contribution in [-0.4, -0.2) is 53.7 Å². The van der Waals surface area contributed by atoms with Gasteiger partial charge in [0.05, 0.1) is 0 Å². The summed E-state index contributed by atoms with van der Waals surface area (Å²) < 4.78 is 5.40. The van der Waals surface area contributed by atoms with E-state index in [0.717, 1.165) is 24.9 Å². The molecule has 0 radical (unpaired) electrons. The van der Waals surface area contributed by atoms with Crippen LogP contribution in [0.5, 0.6) is 0 Å². The van der Waals surface area contributed by atoms with Crippen LogP contribution in [0.15, 0.2) is 6.07 Å². The molecule has 116 valence electrons. The van der Waals surface area contributed by atoms with Crippen molar-refractivity contribution < 1.29 is 4.74 Å². The molecular formula is C15H23ClN4O.